The minimum Gasteiger partial charge on any atom is -0.349 e. The standard InChI is InChI=1S/C24H33N7O4S/c1-15(2)31-14-21(32)30(4)20-13-25-24(28-22(20)31)27-18-10-16(11-19(12-18)36(5,34)35)23(33)26-17-6-8-29(3)9-7-17/h10-13,15,17H,6-9,14H2,1-5H3,(H,26,33)(H,25,27,28). The zero-order chi connectivity index (χ0) is 26.2. The van der Waals surface area contributed by atoms with Crippen LogP contribution in [0.5, 0.6) is 0 Å². The maximum absolute atomic E-state index is 13.0. The summed E-state index contributed by atoms with van der Waals surface area (Å²) in [5.74, 6) is 0.454. The number of benzene rings is 1. The van der Waals surface area contributed by atoms with E-state index in [-0.39, 0.29) is 46.9 Å². The first-order chi connectivity index (χ1) is 16.9. The minimum atomic E-state index is -3.58. The smallest absolute Gasteiger partial charge is 0.251 e. The first kappa shape index (κ1) is 25.8. The molecule has 12 heteroatoms. The zero-order valence-electron chi connectivity index (χ0n) is 21.3. The number of nitrogens with one attached hydrogen (secondary N) is 2. The van der Waals surface area contributed by atoms with Gasteiger partial charge < -0.3 is 25.3 Å². The number of aromatic nitrogens is 2. The van der Waals surface area contributed by atoms with Gasteiger partial charge in [0, 0.05) is 36.6 Å². The van der Waals surface area contributed by atoms with E-state index in [9.17, 15) is 18.0 Å². The van der Waals surface area contributed by atoms with Crippen molar-refractivity contribution < 1.29 is 18.0 Å². The van der Waals surface area contributed by atoms with Crippen LogP contribution in [-0.4, -0.2) is 87.2 Å². The molecule has 0 atom stereocenters. The summed E-state index contributed by atoms with van der Waals surface area (Å²) in [6.45, 7) is 5.93. The molecule has 0 bridgehead atoms. The number of carbonyl (C=O) groups excluding carboxylic acids is 2. The number of sulfone groups is 1. The Balaban J connectivity index is 1.64. The number of amides is 2. The van der Waals surface area contributed by atoms with Gasteiger partial charge in [0.25, 0.3) is 5.91 Å². The van der Waals surface area contributed by atoms with E-state index >= 15 is 0 Å². The van der Waals surface area contributed by atoms with Crippen molar-refractivity contribution >= 4 is 44.8 Å². The third-order valence-electron chi connectivity index (χ3n) is 6.59. The van der Waals surface area contributed by atoms with Crippen molar-refractivity contribution in [1.82, 2.24) is 20.2 Å². The molecule has 0 spiro atoms. The molecule has 0 radical (unpaired) electrons. The quantitative estimate of drug-likeness (QED) is 0.590. The molecule has 0 aliphatic carbocycles. The molecule has 36 heavy (non-hydrogen) atoms. The molecular formula is C24H33N7O4S. The highest BCUT2D eigenvalue weighted by atomic mass is 32.2. The lowest BCUT2D eigenvalue weighted by molar-refractivity contribution is -0.117. The van der Waals surface area contributed by atoms with E-state index in [2.05, 4.69) is 25.5 Å². The van der Waals surface area contributed by atoms with E-state index in [0.717, 1.165) is 32.2 Å². The second kappa shape index (κ2) is 10.0. The Hall–Kier alpha value is -3.25. The molecule has 0 unspecified atom stereocenters. The van der Waals surface area contributed by atoms with Crippen molar-refractivity contribution in [2.24, 2.45) is 0 Å². The lowest BCUT2D eigenvalue weighted by Crippen LogP contribution is -2.47. The van der Waals surface area contributed by atoms with Crippen LogP contribution < -0.4 is 20.4 Å². The number of anilines is 4. The number of likely N-dealkylation sites (N-methyl/N-ethyl adjacent to an activating group) is 1. The molecule has 1 saturated heterocycles. The SMILES string of the molecule is CC(C)N1CC(=O)N(C)c2cnc(Nc3cc(C(=O)NC4CCN(C)CC4)cc(S(C)(=O)=O)c3)nc21. The van der Waals surface area contributed by atoms with E-state index < -0.39 is 9.84 Å². The van der Waals surface area contributed by atoms with Gasteiger partial charge in [-0.3, -0.25) is 9.59 Å². The monoisotopic (exact) mass is 515 g/mol. The maximum atomic E-state index is 13.0. The maximum Gasteiger partial charge on any atom is 0.251 e. The van der Waals surface area contributed by atoms with E-state index in [4.69, 9.17) is 0 Å². The molecule has 2 aromatic rings. The van der Waals surface area contributed by atoms with Gasteiger partial charge in [-0.25, -0.2) is 13.4 Å². The first-order valence-corrected chi connectivity index (χ1v) is 13.8. The van der Waals surface area contributed by atoms with Gasteiger partial charge in [-0.05, 0) is 65.0 Å². The Labute approximate surface area is 211 Å². The Kier molecular flexibility index (Phi) is 7.19. The molecule has 4 rings (SSSR count). The average molecular weight is 516 g/mol. The van der Waals surface area contributed by atoms with Crippen LogP contribution in [0.2, 0.25) is 0 Å². The van der Waals surface area contributed by atoms with Crippen LogP contribution in [-0.2, 0) is 14.6 Å². The number of hydrogen-bond acceptors (Lipinski definition) is 9. The summed E-state index contributed by atoms with van der Waals surface area (Å²) < 4.78 is 24.7. The fraction of sp³-hybridized carbons (Fsp3) is 0.500. The summed E-state index contributed by atoms with van der Waals surface area (Å²) in [4.78, 5) is 40.0. The summed E-state index contributed by atoms with van der Waals surface area (Å²) in [6.07, 6.45) is 4.34. The predicted octanol–water partition coefficient (Wildman–Crippen LogP) is 1.64. The van der Waals surface area contributed by atoms with E-state index in [1.54, 1.807) is 19.3 Å². The molecule has 11 nitrogen and oxygen atoms in total. The summed E-state index contributed by atoms with van der Waals surface area (Å²) in [5, 5.41) is 6.08. The van der Waals surface area contributed by atoms with Crippen molar-refractivity contribution in [1.29, 1.82) is 0 Å². The van der Waals surface area contributed by atoms with Crippen LogP contribution in [0.25, 0.3) is 0 Å². The topological polar surface area (TPSA) is 128 Å². The molecule has 1 aromatic heterocycles. The molecule has 194 valence electrons. The second-order valence-corrected chi connectivity index (χ2v) is 11.8. The van der Waals surface area contributed by atoms with Crippen LogP contribution in [0.3, 0.4) is 0 Å². The largest absolute Gasteiger partial charge is 0.349 e. The van der Waals surface area contributed by atoms with Crippen LogP contribution in [0.1, 0.15) is 37.0 Å². The van der Waals surface area contributed by atoms with Gasteiger partial charge >= 0.3 is 0 Å². The van der Waals surface area contributed by atoms with Gasteiger partial charge in [-0.1, -0.05) is 0 Å². The van der Waals surface area contributed by atoms with Crippen molar-refractivity contribution in [2.75, 3.05) is 55.1 Å². The number of hydrogen-bond donors (Lipinski definition) is 2. The van der Waals surface area contributed by atoms with Crippen molar-refractivity contribution in [3.8, 4) is 0 Å². The number of fused-ring (bicyclic) bond motifs is 1. The molecule has 2 aliphatic heterocycles. The van der Waals surface area contributed by atoms with E-state index in [1.165, 1.54) is 17.0 Å². The number of nitrogens with zero attached hydrogens (tertiary/aromatic N) is 5. The normalized spacial score (nSPS) is 17.3. The molecule has 2 aliphatic rings. The predicted molar refractivity (Wildman–Crippen MR) is 139 cm³/mol. The Morgan fingerprint density at radius 2 is 1.83 bits per heavy atom. The van der Waals surface area contributed by atoms with Crippen LogP contribution in [0.4, 0.5) is 23.1 Å². The van der Waals surface area contributed by atoms with E-state index in [0.29, 0.717) is 17.2 Å². The van der Waals surface area contributed by atoms with Gasteiger partial charge in [0.05, 0.1) is 17.6 Å². The lowest BCUT2D eigenvalue weighted by atomic mass is 10.0. The molecule has 2 amide bonds. The second-order valence-electron chi connectivity index (χ2n) is 9.77. The molecule has 3 heterocycles. The third kappa shape index (κ3) is 5.59. The van der Waals surface area contributed by atoms with Gasteiger partial charge in [-0.15, -0.1) is 0 Å². The fourth-order valence-corrected chi connectivity index (χ4v) is 5.01. The number of carbonyl (C=O) groups is 2. The Morgan fingerprint density at radius 1 is 1.14 bits per heavy atom. The molecule has 1 aromatic carbocycles. The highest BCUT2D eigenvalue weighted by Gasteiger charge is 2.30. The van der Waals surface area contributed by atoms with Crippen molar-refractivity contribution in [3.63, 3.8) is 0 Å². The molecular weight excluding hydrogens is 482 g/mol. The fourth-order valence-electron chi connectivity index (χ4n) is 4.33. The summed E-state index contributed by atoms with van der Waals surface area (Å²) in [5.41, 5.74) is 1.21. The molecule has 2 N–H and O–H groups in total. The van der Waals surface area contributed by atoms with E-state index in [1.807, 2.05) is 25.8 Å². The van der Waals surface area contributed by atoms with Gasteiger partial charge in [0.15, 0.2) is 15.7 Å². The van der Waals surface area contributed by atoms with Gasteiger partial charge in [0.1, 0.15) is 5.69 Å². The van der Waals surface area contributed by atoms with Crippen LogP contribution in [0.15, 0.2) is 29.3 Å². The van der Waals surface area contributed by atoms with Crippen LogP contribution in [0, 0.1) is 0 Å². The molecule has 1 fully saturated rings. The first-order valence-electron chi connectivity index (χ1n) is 11.9. The van der Waals surface area contributed by atoms with Crippen molar-refractivity contribution in [3.05, 3.63) is 30.0 Å². The Morgan fingerprint density at radius 3 is 2.47 bits per heavy atom. The summed E-state index contributed by atoms with van der Waals surface area (Å²) in [6, 6.07) is 4.52. The zero-order valence-corrected chi connectivity index (χ0v) is 22.1. The third-order valence-corrected chi connectivity index (χ3v) is 7.69. The van der Waals surface area contributed by atoms with Gasteiger partial charge in [-0.2, -0.15) is 4.98 Å². The summed E-state index contributed by atoms with van der Waals surface area (Å²) in [7, 11) is 0.145. The van der Waals surface area contributed by atoms with Crippen molar-refractivity contribution in [2.45, 2.75) is 43.7 Å². The number of rotatable bonds is 6. The highest BCUT2D eigenvalue weighted by molar-refractivity contribution is 7.90. The number of likely N-dealkylation sites (tertiary alicyclic amines) is 1. The summed E-state index contributed by atoms with van der Waals surface area (Å²) >= 11 is 0. The number of piperidine rings is 1. The lowest BCUT2D eigenvalue weighted by Gasteiger charge is -2.36. The molecule has 0 saturated carbocycles. The minimum absolute atomic E-state index is 0.0214. The average Bonchev–Trinajstić information content (AvgIpc) is 2.82. The highest BCUT2D eigenvalue weighted by Crippen LogP contribution is 2.33. The van der Waals surface area contributed by atoms with Crippen LogP contribution >= 0.6 is 0 Å². The Bertz CT molecular complexity index is 1270. The van der Waals surface area contributed by atoms with Gasteiger partial charge in [0.2, 0.25) is 11.9 Å².